The van der Waals surface area contributed by atoms with Crippen molar-refractivity contribution < 1.29 is 14.0 Å². The van der Waals surface area contributed by atoms with Crippen LogP contribution in [0.2, 0.25) is 0 Å². The largest absolute Gasteiger partial charge is 0.321 e. The first kappa shape index (κ1) is 22.0. The molecular weight excluding hydrogens is 449 g/mol. The van der Waals surface area contributed by atoms with Gasteiger partial charge in [-0.2, -0.15) is 0 Å². The molecule has 1 aliphatic heterocycles. The summed E-state index contributed by atoms with van der Waals surface area (Å²) < 4.78 is 13.1. The Morgan fingerprint density at radius 3 is 2.53 bits per heavy atom. The van der Waals surface area contributed by atoms with Gasteiger partial charge in [-0.1, -0.05) is 30.3 Å². The summed E-state index contributed by atoms with van der Waals surface area (Å²) in [5.74, 6) is -0.573. The number of aryl methyl sites for hydroxylation is 1. The van der Waals surface area contributed by atoms with Gasteiger partial charge in [0, 0.05) is 29.9 Å². The molecule has 0 atom stereocenters. The van der Waals surface area contributed by atoms with Crippen LogP contribution in [-0.4, -0.2) is 23.3 Å². The SMILES string of the molecule is Cc1nc(Cc2ccc(F)cc2)sc1C(=O)Nc1ccc(C(=O)N2CCc3ccccc32)cc1. The van der Waals surface area contributed by atoms with Crippen LogP contribution in [0.3, 0.4) is 0 Å². The molecule has 0 spiro atoms. The van der Waals surface area contributed by atoms with Crippen molar-refractivity contribution in [3.63, 3.8) is 0 Å². The molecule has 7 heteroatoms. The number of carbonyl (C=O) groups is 2. The van der Waals surface area contributed by atoms with Gasteiger partial charge in [0.15, 0.2) is 0 Å². The predicted molar refractivity (Wildman–Crippen MR) is 132 cm³/mol. The number of para-hydroxylation sites is 1. The maximum Gasteiger partial charge on any atom is 0.267 e. The molecule has 5 nitrogen and oxygen atoms in total. The summed E-state index contributed by atoms with van der Waals surface area (Å²) >= 11 is 1.33. The minimum atomic E-state index is -0.280. The number of nitrogens with zero attached hydrogens (tertiary/aromatic N) is 2. The standard InChI is InChI=1S/C27H22FN3O2S/c1-17-25(34-24(29-17)16-18-6-10-21(28)11-7-18)26(32)30-22-12-8-20(9-13-22)27(33)31-15-14-19-4-2-3-5-23(19)31/h2-13H,14-16H2,1H3,(H,30,32). The van der Waals surface area contributed by atoms with E-state index in [0.29, 0.717) is 34.8 Å². The lowest BCUT2D eigenvalue weighted by Gasteiger charge is -2.17. The second-order valence-corrected chi connectivity index (χ2v) is 9.28. The van der Waals surface area contributed by atoms with E-state index < -0.39 is 0 Å². The van der Waals surface area contributed by atoms with Gasteiger partial charge in [-0.05, 0) is 66.9 Å². The summed E-state index contributed by atoms with van der Waals surface area (Å²) in [4.78, 5) is 32.7. The zero-order valence-corrected chi connectivity index (χ0v) is 19.4. The van der Waals surface area contributed by atoms with Crippen molar-refractivity contribution in [1.82, 2.24) is 4.98 Å². The average molecular weight is 472 g/mol. The summed E-state index contributed by atoms with van der Waals surface area (Å²) in [5, 5.41) is 3.68. The summed E-state index contributed by atoms with van der Waals surface area (Å²) in [6.45, 7) is 2.47. The van der Waals surface area contributed by atoms with Crippen LogP contribution in [0.5, 0.6) is 0 Å². The molecule has 0 aliphatic carbocycles. The van der Waals surface area contributed by atoms with Crippen LogP contribution in [0.25, 0.3) is 0 Å². The van der Waals surface area contributed by atoms with Gasteiger partial charge in [0.1, 0.15) is 10.7 Å². The van der Waals surface area contributed by atoms with Crippen LogP contribution in [0.1, 0.15) is 41.9 Å². The number of nitrogens with one attached hydrogen (secondary N) is 1. The molecule has 5 rings (SSSR count). The van der Waals surface area contributed by atoms with Gasteiger partial charge in [-0.25, -0.2) is 9.37 Å². The lowest BCUT2D eigenvalue weighted by Crippen LogP contribution is -2.28. The highest BCUT2D eigenvalue weighted by Crippen LogP contribution is 2.29. The molecule has 2 amide bonds. The van der Waals surface area contributed by atoms with Crippen molar-refractivity contribution in [3.8, 4) is 0 Å². The number of fused-ring (bicyclic) bond motifs is 1. The van der Waals surface area contributed by atoms with Gasteiger partial charge in [0.25, 0.3) is 11.8 Å². The van der Waals surface area contributed by atoms with Gasteiger partial charge < -0.3 is 10.2 Å². The van der Waals surface area contributed by atoms with Crippen LogP contribution < -0.4 is 10.2 Å². The Morgan fingerprint density at radius 1 is 1.03 bits per heavy atom. The second kappa shape index (κ2) is 9.19. The molecular formula is C27H22FN3O2S. The highest BCUT2D eigenvalue weighted by atomic mass is 32.1. The number of hydrogen-bond donors (Lipinski definition) is 1. The molecule has 34 heavy (non-hydrogen) atoms. The molecule has 0 saturated carbocycles. The molecule has 0 saturated heterocycles. The zero-order chi connectivity index (χ0) is 23.7. The molecule has 3 aromatic carbocycles. The van der Waals surface area contributed by atoms with Crippen molar-refractivity contribution in [3.05, 3.63) is 111 Å². The highest BCUT2D eigenvalue weighted by Gasteiger charge is 2.25. The van der Waals surface area contributed by atoms with E-state index in [4.69, 9.17) is 0 Å². The first-order valence-electron chi connectivity index (χ1n) is 11.0. The third-order valence-electron chi connectivity index (χ3n) is 5.84. The summed E-state index contributed by atoms with van der Waals surface area (Å²) in [7, 11) is 0. The Morgan fingerprint density at radius 2 is 1.76 bits per heavy atom. The highest BCUT2D eigenvalue weighted by molar-refractivity contribution is 7.14. The molecule has 0 bridgehead atoms. The summed E-state index contributed by atoms with van der Waals surface area (Å²) in [6, 6.07) is 21.2. The van der Waals surface area contributed by atoms with Crippen LogP contribution in [0, 0.1) is 12.7 Å². The van der Waals surface area contributed by atoms with E-state index in [1.165, 1.54) is 29.0 Å². The minimum Gasteiger partial charge on any atom is -0.321 e. The van der Waals surface area contributed by atoms with Crippen molar-refractivity contribution in [1.29, 1.82) is 0 Å². The minimum absolute atomic E-state index is 0.0495. The molecule has 0 radical (unpaired) electrons. The molecule has 0 fully saturated rings. The van der Waals surface area contributed by atoms with E-state index in [-0.39, 0.29) is 17.6 Å². The van der Waals surface area contributed by atoms with Gasteiger partial charge in [0.2, 0.25) is 0 Å². The maximum absolute atomic E-state index is 13.1. The first-order valence-corrected chi connectivity index (χ1v) is 11.8. The van der Waals surface area contributed by atoms with Crippen molar-refractivity contribution >= 4 is 34.5 Å². The third kappa shape index (κ3) is 4.47. The van der Waals surface area contributed by atoms with E-state index in [0.717, 1.165) is 22.7 Å². The summed E-state index contributed by atoms with van der Waals surface area (Å²) in [5.41, 5.74) is 4.91. The quantitative estimate of drug-likeness (QED) is 0.410. The van der Waals surface area contributed by atoms with E-state index in [1.54, 1.807) is 48.2 Å². The molecule has 170 valence electrons. The van der Waals surface area contributed by atoms with Gasteiger partial charge in [-0.15, -0.1) is 11.3 Å². The Hall–Kier alpha value is -3.84. The number of benzene rings is 3. The van der Waals surface area contributed by atoms with Crippen LogP contribution in [0.15, 0.2) is 72.8 Å². The van der Waals surface area contributed by atoms with Crippen LogP contribution in [0.4, 0.5) is 15.8 Å². The third-order valence-corrected chi connectivity index (χ3v) is 6.99. The molecule has 0 unspecified atom stereocenters. The fraction of sp³-hybridized carbons (Fsp3) is 0.148. The number of halogens is 1. The number of carbonyl (C=O) groups excluding carboxylic acids is 2. The predicted octanol–water partition coefficient (Wildman–Crippen LogP) is 5.64. The number of hydrogen-bond acceptors (Lipinski definition) is 4. The number of amides is 2. The smallest absolute Gasteiger partial charge is 0.267 e. The van der Waals surface area contributed by atoms with E-state index in [1.807, 2.05) is 24.3 Å². The molecule has 1 N–H and O–H groups in total. The lowest BCUT2D eigenvalue weighted by molar-refractivity contribution is 0.0988. The Kier molecular flexibility index (Phi) is 5.94. The van der Waals surface area contributed by atoms with Crippen LogP contribution in [-0.2, 0) is 12.8 Å². The lowest BCUT2D eigenvalue weighted by atomic mass is 10.1. The molecule has 4 aromatic rings. The number of anilines is 2. The number of thiazole rings is 1. The molecule has 1 aliphatic rings. The normalized spacial score (nSPS) is 12.5. The molecule has 2 heterocycles. The van der Waals surface area contributed by atoms with Gasteiger partial charge in [-0.3, -0.25) is 9.59 Å². The van der Waals surface area contributed by atoms with E-state index >= 15 is 0 Å². The van der Waals surface area contributed by atoms with Crippen LogP contribution >= 0.6 is 11.3 Å². The van der Waals surface area contributed by atoms with E-state index in [2.05, 4.69) is 10.3 Å². The maximum atomic E-state index is 13.1. The first-order chi connectivity index (χ1) is 16.5. The molecule has 1 aromatic heterocycles. The van der Waals surface area contributed by atoms with Gasteiger partial charge >= 0.3 is 0 Å². The van der Waals surface area contributed by atoms with Crippen molar-refractivity contribution in [2.75, 3.05) is 16.8 Å². The zero-order valence-electron chi connectivity index (χ0n) is 18.5. The Bertz CT molecular complexity index is 1360. The van der Waals surface area contributed by atoms with Gasteiger partial charge in [0.05, 0.1) is 10.7 Å². The fourth-order valence-corrected chi connectivity index (χ4v) is 5.10. The Balaban J connectivity index is 1.25. The number of rotatable bonds is 5. The van der Waals surface area contributed by atoms with E-state index in [9.17, 15) is 14.0 Å². The van der Waals surface area contributed by atoms with Crippen molar-refractivity contribution in [2.45, 2.75) is 19.8 Å². The second-order valence-electron chi connectivity index (χ2n) is 8.19. The topological polar surface area (TPSA) is 62.3 Å². The number of aromatic nitrogens is 1. The average Bonchev–Trinajstić information content (AvgIpc) is 3.44. The van der Waals surface area contributed by atoms with Crippen molar-refractivity contribution in [2.24, 2.45) is 0 Å². The summed E-state index contributed by atoms with van der Waals surface area (Å²) in [6.07, 6.45) is 1.39. The fourth-order valence-electron chi connectivity index (χ4n) is 4.10. The Labute approximate surface area is 200 Å². The monoisotopic (exact) mass is 471 g/mol.